The van der Waals surface area contributed by atoms with Crippen molar-refractivity contribution < 1.29 is 14.3 Å². The zero-order valence-electron chi connectivity index (χ0n) is 17.1. The average Bonchev–Trinajstić information content (AvgIpc) is 3.03. The van der Waals surface area contributed by atoms with Crippen LogP contribution in [0.5, 0.6) is 0 Å². The van der Waals surface area contributed by atoms with Gasteiger partial charge in [-0.05, 0) is 52.6 Å². The molecule has 8 nitrogen and oxygen atoms in total. The highest BCUT2D eigenvalue weighted by molar-refractivity contribution is 5.95. The predicted octanol–water partition coefficient (Wildman–Crippen LogP) is 0.583. The summed E-state index contributed by atoms with van der Waals surface area (Å²) in [6.07, 6.45) is 4.55. The third kappa shape index (κ3) is 2.73. The molecule has 28 heavy (non-hydrogen) atoms. The fourth-order valence-corrected chi connectivity index (χ4v) is 5.44. The summed E-state index contributed by atoms with van der Waals surface area (Å²) < 4.78 is 6.63. The van der Waals surface area contributed by atoms with Gasteiger partial charge >= 0.3 is 0 Å². The summed E-state index contributed by atoms with van der Waals surface area (Å²) in [5.74, 6) is 0.598. The van der Waals surface area contributed by atoms with Gasteiger partial charge in [-0.1, -0.05) is 0 Å². The van der Waals surface area contributed by atoms with Gasteiger partial charge in [0.05, 0.1) is 27.9 Å². The lowest BCUT2D eigenvalue weighted by Gasteiger charge is -2.49. The number of carbonyl (C=O) groups is 2. The quantitative estimate of drug-likeness (QED) is 0.785. The van der Waals surface area contributed by atoms with Gasteiger partial charge in [0.1, 0.15) is 5.82 Å². The Morgan fingerprint density at radius 2 is 1.93 bits per heavy atom. The van der Waals surface area contributed by atoms with Crippen molar-refractivity contribution in [3.05, 3.63) is 23.3 Å². The van der Waals surface area contributed by atoms with Crippen LogP contribution in [-0.2, 0) is 9.53 Å². The largest absolute Gasteiger partial charge is 0.365 e. The van der Waals surface area contributed by atoms with Gasteiger partial charge in [0, 0.05) is 26.8 Å². The van der Waals surface area contributed by atoms with Crippen LogP contribution in [0.4, 0.5) is 0 Å². The lowest BCUT2D eigenvalue weighted by molar-refractivity contribution is -0.149. The third-order valence-corrected chi connectivity index (χ3v) is 6.67. The van der Waals surface area contributed by atoms with Gasteiger partial charge < -0.3 is 20.3 Å². The summed E-state index contributed by atoms with van der Waals surface area (Å²) in [5.41, 5.74) is -0.209. The fourth-order valence-electron chi connectivity index (χ4n) is 5.44. The molecule has 2 N–H and O–H groups in total. The van der Waals surface area contributed by atoms with Crippen molar-refractivity contribution in [2.45, 2.75) is 50.7 Å². The number of piperidine rings is 1. The first-order valence-corrected chi connectivity index (χ1v) is 9.94. The second-order valence-electron chi connectivity index (χ2n) is 8.76. The third-order valence-electron chi connectivity index (χ3n) is 6.67. The monoisotopic (exact) mass is 387 g/mol. The molecule has 0 unspecified atom stereocenters. The first kappa shape index (κ1) is 19.3. The number of nitrogens with one attached hydrogen (secondary N) is 2. The molecular weight excluding hydrogens is 358 g/mol. The van der Waals surface area contributed by atoms with Crippen LogP contribution in [0.1, 0.15) is 47.6 Å². The number of carbonyl (C=O) groups excluding carboxylic acids is 2. The van der Waals surface area contributed by atoms with Crippen LogP contribution < -0.4 is 10.6 Å². The number of hydrogen-bond acceptors (Lipinski definition) is 6. The SMILES string of the molecule is Cc1ncc(C(=O)NCC23CC(C(=O)N(C)C)(C2)C2(CCNCC2)O3)c(C)n1. The van der Waals surface area contributed by atoms with Crippen LogP contribution in [0, 0.1) is 19.3 Å². The van der Waals surface area contributed by atoms with E-state index in [9.17, 15) is 9.59 Å². The smallest absolute Gasteiger partial charge is 0.254 e. The Morgan fingerprint density at radius 3 is 2.54 bits per heavy atom. The Kier molecular flexibility index (Phi) is 4.46. The van der Waals surface area contributed by atoms with Gasteiger partial charge in [-0.25, -0.2) is 9.97 Å². The molecule has 152 valence electrons. The number of ether oxygens (including phenoxy) is 1. The summed E-state index contributed by atoms with van der Waals surface area (Å²) >= 11 is 0. The van der Waals surface area contributed by atoms with Gasteiger partial charge in [0.15, 0.2) is 0 Å². The van der Waals surface area contributed by atoms with Crippen LogP contribution in [-0.4, -0.2) is 71.6 Å². The van der Waals surface area contributed by atoms with E-state index in [2.05, 4.69) is 20.6 Å². The first-order valence-electron chi connectivity index (χ1n) is 9.94. The van der Waals surface area contributed by atoms with E-state index in [1.807, 2.05) is 21.0 Å². The van der Waals surface area contributed by atoms with E-state index in [1.54, 1.807) is 18.0 Å². The van der Waals surface area contributed by atoms with E-state index in [1.165, 1.54) is 0 Å². The highest BCUT2D eigenvalue weighted by Crippen LogP contribution is 2.69. The molecule has 8 heteroatoms. The van der Waals surface area contributed by atoms with Gasteiger partial charge in [-0.15, -0.1) is 0 Å². The molecule has 0 radical (unpaired) electrons. The minimum absolute atomic E-state index is 0.150. The molecule has 1 aliphatic carbocycles. The number of nitrogens with zero attached hydrogens (tertiary/aromatic N) is 3. The number of hydrogen-bond donors (Lipinski definition) is 2. The summed E-state index contributed by atoms with van der Waals surface area (Å²) in [6.45, 7) is 5.71. The van der Waals surface area contributed by atoms with E-state index in [4.69, 9.17) is 4.74 Å². The Hall–Kier alpha value is -2.06. The molecule has 1 aromatic heterocycles. The minimum Gasteiger partial charge on any atom is -0.365 e. The average molecular weight is 387 g/mol. The van der Waals surface area contributed by atoms with Crippen molar-refractivity contribution in [1.29, 1.82) is 0 Å². The normalized spacial score (nSPS) is 30.0. The Morgan fingerprint density at radius 1 is 1.25 bits per heavy atom. The van der Waals surface area contributed by atoms with E-state index in [0.29, 0.717) is 36.5 Å². The van der Waals surface area contributed by atoms with Crippen molar-refractivity contribution in [2.75, 3.05) is 33.7 Å². The Labute approximate surface area is 165 Å². The van der Waals surface area contributed by atoms with Crippen molar-refractivity contribution in [3.8, 4) is 0 Å². The van der Waals surface area contributed by atoms with Gasteiger partial charge in [0.2, 0.25) is 5.91 Å². The van der Waals surface area contributed by atoms with Crippen molar-refractivity contribution in [1.82, 2.24) is 25.5 Å². The first-order chi connectivity index (χ1) is 13.2. The van der Waals surface area contributed by atoms with Crippen molar-refractivity contribution in [2.24, 2.45) is 5.41 Å². The van der Waals surface area contributed by atoms with E-state index >= 15 is 0 Å². The van der Waals surface area contributed by atoms with Crippen molar-refractivity contribution >= 4 is 11.8 Å². The van der Waals surface area contributed by atoms with Gasteiger partial charge in [-0.2, -0.15) is 0 Å². The molecule has 3 saturated heterocycles. The molecular formula is C20H29N5O3. The van der Waals surface area contributed by atoms with Crippen LogP contribution in [0.3, 0.4) is 0 Å². The molecule has 1 saturated carbocycles. The zero-order chi connectivity index (χ0) is 20.2. The lowest BCUT2D eigenvalue weighted by atomic mass is 9.53. The van der Waals surface area contributed by atoms with Crippen LogP contribution in [0.2, 0.25) is 0 Å². The van der Waals surface area contributed by atoms with Crippen LogP contribution in [0.15, 0.2) is 6.20 Å². The highest BCUT2D eigenvalue weighted by Gasteiger charge is 2.77. The Balaban J connectivity index is 1.51. The van der Waals surface area contributed by atoms with E-state index < -0.39 is 16.6 Å². The zero-order valence-corrected chi connectivity index (χ0v) is 17.1. The topological polar surface area (TPSA) is 96.5 Å². The maximum atomic E-state index is 13.1. The van der Waals surface area contributed by atoms with E-state index in [-0.39, 0.29) is 11.8 Å². The number of amides is 2. The standard InChI is InChI=1S/C20H29N5O3/c1-13-15(9-22-14(2)24-13)16(26)23-12-18-10-19(11-18,17(27)25(3)4)20(28-18)5-7-21-8-6-20/h9,21H,5-8,10-12H2,1-4H3,(H,23,26). The molecule has 4 fully saturated rings. The number of aromatic nitrogens is 2. The van der Waals surface area contributed by atoms with Gasteiger partial charge in [0.25, 0.3) is 5.91 Å². The number of aryl methyl sites for hydroxylation is 2. The predicted molar refractivity (Wildman–Crippen MR) is 103 cm³/mol. The minimum atomic E-state index is -0.466. The molecule has 1 spiro atoms. The van der Waals surface area contributed by atoms with Crippen LogP contribution >= 0.6 is 0 Å². The second kappa shape index (κ2) is 6.49. The Bertz CT molecular complexity index is 810. The molecule has 2 amide bonds. The fraction of sp³-hybridized carbons (Fsp3) is 0.700. The maximum Gasteiger partial charge on any atom is 0.254 e. The molecule has 1 aromatic rings. The number of rotatable bonds is 4. The van der Waals surface area contributed by atoms with Gasteiger partial charge in [-0.3, -0.25) is 9.59 Å². The van der Waals surface area contributed by atoms with Crippen molar-refractivity contribution in [3.63, 3.8) is 0 Å². The summed E-state index contributed by atoms with van der Waals surface area (Å²) in [4.78, 5) is 35.8. The second-order valence-corrected chi connectivity index (χ2v) is 8.76. The maximum absolute atomic E-state index is 13.1. The molecule has 4 heterocycles. The molecule has 3 aliphatic heterocycles. The van der Waals surface area contributed by atoms with E-state index in [0.717, 1.165) is 25.9 Å². The lowest BCUT2D eigenvalue weighted by Crippen LogP contribution is -2.61. The van der Waals surface area contributed by atoms with Crippen LogP contribution in [0.25, 0.3) is 0 Å². The molecule has 4 aliphatic rings. The summed E-state index contributed by atoms with van der Waals surface area (Å²) in [6, 6.07) is 0. The molecule has 5 rings (SSSR count). The summed E-state index contributed by atoms with van der Waals surface area (Å²) in [5, 5.41) is 6.37. The molecule has 0 aromatic carbocycles. The summed E-state index contributed by atoms with van der Waals surface area (Å²) in [7, 11) is 3.62. The highest BCUT2D eigenvalue weighted by atomic mass is 16.5. The molecule has 0 atom stereocenters. The molecule has 2 bridgehead atoms.